The van der Waals surface area contributed by atoms with E-state index in [0.29, 0.717) is 38.0 Å². The number of benzene rings is 1. The summed E-state index contributed by atoms with van der Waals surface area (Å²) in [7, 11) is 4.59. The highest BCUT2D eigenvalue weighted by molar-refractivity contribution is 8.01. The molecule has 0 saturated carbocycles. The standard InChI is InChI=1S/C22H28N4O5S2/c1-29-16-12-15(13-17(30-2)20(16)31-3)8-9-18(27)23-21-24-25-22(33-21)32-14-19(28)26-10-6-4-5-7-11-26/h8-9,12-13H,4-7,10-11,14H2,1-3H3,(H,23,24,27)/b9-8+. The minimum absolute atomic E-state index is 0.121. The smallest absolute Gasteiger partial charge is 0.250 e. The van der Waals surface area contributed by atoms with Crippen LogP contribution in [0.5, 0.6) is 17.2 Å². The third-order valence-electron chi connectivity index (χ3n) is 5.03. The molecule has 1 aromatic carbocycles. The van der Waals surface area contributed by atoms with Crippen molar-refractivity contribution in [2.75, 3.05) is 45.5 Å². The van der Waals surface area contributed by atoms with E-state index in [1.165, 1.54) is 63.3 Å². The topological polar surface area (TPSA) is 103 Å². The molecule has 0 aliphatic carbocycles. The Kier molecular flexibility index (Phi) is 9.37. The molecule has 1 N–H and O–H groups in total. The minimum atomic E-state index is -0.350. The molecule has 1 fully saturated rings. The summed E-state index contributed by atoms with van der Waals surface area (Å²) in [4.78, 5) is 26.7. The van der Waals surface area contributed by atoms with E-state index in [-0.39, 0.29) is 11.8 Å². The van der Waals surface area contributed by atoms with Crippen LogP contribution in [0.25, 0.3) is 6.08 Å². The number of methoxy groups -OCH3 is 3. The fourth-order valence-corrected chi connectivity index (χ4v) is 5.03. The lowest BCUT2D eigenvalue weighted by Gasteiger charge is -2.19. The first-order valence-electron chi connectivity index (χ1n) is 10.6. The summed E-state index contributed by atoms with van der Waals surface area (Å²) in [5.41, 5.74) is 0.709. The van der Waals surface area contributed by atoms with Crippen molar-refractivity contribution in [1.82, 2.24) is 15.1 Å². The molecule has 1 saturated heterocycles. The van der Waals surface area contributed by atoms with E-state index in [2.05, 4.69) is 15.5 Å². The predicted octanol–water partition coefficient (Wildman–Crippen LogP) is 3.71. The van der Waals surface area contributed by atoms with Crippen molar-refractivity contribution in [3.8, 4) is 17.2 Å². The highest BCUT2D eigenvalue weighted by atomic mass is 32.2. The summed E-state index contributed by atoms with van der Waals surface area (Å²) in [6.45, 7) is 1.66. The van der Waals surface area contributed by atoms with Gasteiger partial charge in [0.1, 0.15) is 0 Å². The Bertz CT molecular complexity index is 962. The molecule has 33 heavy (non-hydrogen) atoms. The average Bonchev–Trinajstić information content (AvgIpc) is 3.09. The van der Waals surface area contributed by atoms with Crippen molar-refractivity contribution in [3.63, 3.8) is 0 Å². The molecule has 0 bridgehead atoms. The molecule has 0 radical (unpaired) electrons. The van der Waals surface area contributed by atoms with Crippen LogP contribution in [0.3, 0.4) is 0 Å². The highest BCUT2D eigenvalue weighted by Crippen LogP contribution is 2.38. The number of carbonyl (C=O) groups is 2. The van der Waals surface area contributed by atoms with E-state index < -0.39 is 0 Å². The first-order chi connectivity index (χ1) is 16.0. The molecule has 0 unspecified atom stereocenters. The first kappa shape index (κ1) is 24.8. The van der Waals surface area contributed by atoms with Crippen LogP contribution in [0.2, 0.25) is 0 Å². The number of aromatic nitrogens is 2. The van der Waals surface area contributed by atoms with Gasteiger partial charge in [0, 0.05) is 19.2 Å². The lowest BCUT2D eigenvalue weighted by Crippen LogP contribution is -2.33. The number of thioether (sulfide) groups is 1. The Morgan fingerprint density at radius 3 is 2.33 bits per heavy atom. The number of carbonyl (C=O) groups excluding carboxylic acids is 2. The fourth-order valence-electron chi connectivity index (χ4n) is 3.37. The molecule has 2 amide bonds. The summed E-state index contributed by atoms with van der Waals surface area (Å²) in [6, 6.07) is 3.48. The molecule has 178 valence electrons. The zero-order chi connectivity index (χ0) is 23.6. The van der Waals surface area contributed by atoms with Gasteiger partial charge in [-0.15, -0.1) is 10.2 Å². The number of anilines is 1. The van der Waals surface area contributed by atoms with Gasteiger partial charge in [-0.2, -0.15) is 0 Å². The Labute approximate surface area is 201 Å². The maximum Gasteiger partial charge on any atom is 0.250 e. The second-order valence-corrected chi connectivity index (χ2v) is 9.44. The maximum atomic E-state index is 12.4. The molecule has 1 aromatic heterocycles. The van der Waals surface area contributed by atoms with E-state index in [1.54, 1.807) is 18.2 Å². The van der Waals surface area contributed by atoms with E-state index in [1.807, 2.05) is 4.90 Å². The molecule has 0 atom stereocenters. The molecular formula is C22H28N4O5S2. The number of hydrogen-bond donors (Lipinski definition) is 1. The molecule has 2 heterocycles. The Balaban J connectivity index is 1.54. The number of rotatable bonds is 9. The molecule has 2 aromatic rings. The van der Waals surface area contributed by atoms with Crippen LogP contribution in [0, 0.1) is 0 Å². The lowest BCUT2D eigenvalue weighted by atomic mass is 10.1. The van der Waals surface area contributed by atoms with Crippen molar-refractivity contribution in [3.05, 3.63) is 23.8 Å². The number of nitrogens with zero attached hydrogens (tertiary/aromatic N) is 3. The van der Waals surface area contributed by atoms with Crippen LogP contribution in [0.15, 0.2) is 22.5 Å². The van der Waals surface area contributed by atoms with Gasteiger partial charge >= 0.3 is 0 Å². The molecule has 1 aliphatic heterocycles. The molecular weight excluding hydrogens is 464 g/mol. The number of hydrogen-bond acceptors (Lipinski definition) is 9. The normalized spacial score (nSPS) is 14.1. The van der Waals surface area contributed by atoms with E-state index in [4.69, 9.17) is 14.2 Å². The van der Waals surface area contributed by atoms with Crippen molar-refractivity contribution >= 4 is 46.1 Å². The third-order valence-corrected chi connectivity index (χ3v) is 6.99. The van der Waals surface area contributed by atoms with Crippen LogP contribution in [0.1, 0.15) is 31.2 Å². The second-order valence-electron chi connectivity index (χ2n) is 7.24. The van der Waals surface area contributed by atoms with Gasteiger partial charge in [0.25, 0.3) is 0 Å². The van der Waals surface area contributed by atoms with Gasteiger partial charge in [-0.3, -0.25) is 14.9 Å². The van der Waals surface area contributed by atoms with Crippen LogP contribution < -0.4 is 19.5 Å². The quantitative estimate of drug-likeness (QED) is 0.321. The second kappa shape index (κ2) is 12.4. The third kappa shape index (κ3) is 7.10. The molecule has 11 heteroatoms. The Hall–Kier alpha value is -2.79. The number of nitrogens with one attached hydrogen (secondary N) is 1. The Morgan fingerprint density at radius 2 is 1.73 bits per heavy atom. The summed E-state index contributed by atoms with van der Waals surface area (Å²) >= 11 is 2.58. The van der Waals surface area contributed by atoms with Crippen LogP contribution in [-0.2, 0) is 9.59 Å². The lowest BCUT2D eigenvalue weighted by molar-refractivity contribution is -0.128. The van der Waals surface area contributed by atoms with Gasteiger partial charge in [-0.05, 0) is 36.6 Å². The van der Waals surface area contributed by atoms with Crippen molar-refractivity contribution < 1.29 is 23.8 Å². The van der Waals surface area contributed by atoms with Gasteiger partial charge < -0.3 is 19.1 Å². The van der Waals surface area contributed by atoms with Crippen LogP contribution >= 0.6 is 23.1 Å². The first-order valence-corrected chi connectivity index (χ1v) is 12.4. The SMILES string of the molecule is COc1cc(/C=C/C(=O)Nc2nnc(SCC(=O)N3CCCCCC3)s2)cc(OC)c1OC. The molecule has 0 spiro atoms. The van der Waals surface area contributed by atoms with Gasteiger partial charge in [-0.1, -0.05) is 35.9 Å². The van der Waals surface area contributed by atoms with Crippen molar-refractivity contribution in [2.45, 2.75) is 30.0 Å². The number of ether oxygens (including phenoxy) is 3. The highest BCUT2D eigenvalue weighted by Gasteiger charge is 2.17. The summed E-state index contributed by atoms with van der Waals surface area (Å²) in [5, 5.41) is 11.1. The monoisotopic (exact) mass is 492 g/mol. The zero-order valence-electron chi connectivity index (χ0n) is 19.0. The van der Waals surface area contributed by atoms with Crippen molar-refractivity contribution in [1.29, 1.82) is 0 Å². The van der Waals surface area contributed by atoms with Gasteiger partial charge in [-0.25, -0.2) is 0 Å². The maximum absolute atomic E-state index is 12.4. The molecule has 9 nitrogen and oxygen atoms in total. The van der Waals surface area contributed by atoms with E-state index >= 15 is 0 Å². The number of amides is 2. The van der Waals surface area contributed by atoms with Gasteiger partial charge in [0.2, 0.25) is 22.7 Å². The zero-order valence-corrected chi connectivity index (χ0v) is 20.6. The minimum Gasteiger partial charge on any atom is -0.493 e. The molecule has 3 rings (SSSR count). The fraction of sp³-hybridized carbons (Fsp3) is 0.455. The average molecular weight is 493 g/mol. The summed E-state index contributed by atoms with van der Waals surface area (Å²) in [6.07, 6.45) is 7.52. The van der Waals surface area contributed by atoms with E-state index in [0.717, 1.165) is 25.9 Å². The number of likely N-dealkylation sites (tertiary alicyclic amines) is 1. The van der Waals surface area contributed by atoms with Crippen LogP contribution in [-0.4, -0.2) is 67.1 Å². The summed E-state index contributed by atoms with van der Waals surface area (Å²) < 4.78 is 16.6. The Morgan fingerprint density at radius 1 is 1.06 bits per heavy atom. The molecule has 1 aliphatic rings. The van der Waals surface area contributed by atoms with E-state index in [9.17, 15) is 9.59 Å². The van der Waals surface area contributed by atoms with Crippen LogP contribution in [0.4, 0.5) is 5.13 Å². The summed E-state index contributed by atoms with van der Waals surface area (Å²) in [5.74, 6) is 1.57. The van der Waals surface area contributed by atoms with Gasteiger partial charge in [0.15, 0.2) is 15.8 Å². The van der Waals surface area contributed by atoms with Crippen molar-refractivity contribution in [2.24, 2.45) is 0 Å². The largest absolute Gasteiger partial charge is 0.493 e. The van der Waals surface area contributed by atoms with Gasteiger partial charge in [0.05, 0.1) is 27.1 Å². The predicted molar refractivity (Wildman–Crippen MR) is 129 cm³/mol.